The van der Waals surface area contributed by atoms with Gasteiger partial charge in [0.2, 0.25) is 11.8 Å². The molecule has 0 aromatic heterocycles. The summed E-state index contributed by atoms with van der Waals surface area (Å²) in [7, 11) is 1.57. The van der Waals surface area contributed by atoms with E-state index in [1.807, 2.05) is 0 Å². The fourth-order valence-electron chi connectivity index (χ4n) is 2.65. The van der Waals surface area contributed by atoms with Crippen molar-refractivity contribution in [3.05, 3.63) is 29.8 Å². The molecule has 0 radical (unpaired) electrons. The molecule has 2 rings (SSSR count). The van der Waals surface area contributed by atoms with Crippen molar-refractivity contribution in [2.24, 2.45) is 0 Å². The van der Waals surface area contributed by atoms with Gasteiger partial charge in [-0.15, -0.1) is 0 Å². The predicted molar refractivity (Wildman–Crippen MR) is 88.1 cm³/mol. The van der Waals surface area contributed by atoms with Gasteiger partial charge in [-0.05, 0) is 44.0 Å². The first-order chi connectivity index (χ1) is 11.0. The van der Waals surface area contributed by atoms with Gasteiger partial charge >= 0.3 is 0 Å². The molecule has 1 fully saturated rings. The molecule has 6 nitrogen and oxygen atoms in total. The number of nitrogens with zero attached hydrogens (tertiary/aromatic N) is 1. The van der Waals surface area contributed by atoms with E-state index in [0.717, 1.165) is 19.3 Å². The van der Waals surface area contributed by atoms with Crippen LogP contribution in [0, 0.1) is 0 Å². The largest absolute Gasteiger partial charge is 0.355 e. The molecule has 1 atom stereocenters. The van der Waals surface area contributed by atoms with Crippen molar-refractivity contribution < 1.29 is 14.4 Å². The van der Waals surface area contributed by atoms with Gasteiger partial charge in [0.1, 0.15) is 6.04 Å². The molecule has 1 heterocycles. The number of hydrogen-bond donors (Lipinski definition) is 2. The van der Waals surface area contributed by atoms with E-state index >= 15 is 0 Å². The topological polar surface area (TPSA) is 78.5 Å². The molecule has 0 spiro atoms. The van der Waals surface area contributed by atoms with E-state index < -0.39 is 6.04 Å². The number of carbonyl (C=O) groups excluding carboxylic acids is 3. The molecule has 23 heavy (non-hydrogen) atoms. The SMILES string of the molecule is CNC(=O)c1ccc(NC(=O)[C@@H](C)N2CCCCCC2=O)cc1. The fourth-order valence-corrected chi connectivity index (χ4v) is 2.65. The first kappa shape index (κ1) is 17.0. The Morgan fingerprint density at radius 1 is 1.13 bits per heavy atom. The second-order valence-corrected chi connectivity index (χ2v) is 5.72. The first-order valence-corrected chi connectivity index (χ1v) is 7.95. The third kappa shape index (κ3) is 4.31. The minimum Gasteiger partial charge on any atom is -0.355 e. The maximum atomic E-state index is 12.4. The highest BCUT2D eigenvalue weighted by Crippen LogP contribution is 2.16. The standard InChI is InChI=1S/C17H23N3O3/c1-12(20-11-5-3-4-6-15(20)21)16(22)19-14-9-7-13(8-10-14)17(23)18-2/h7-10,12H,3-6,11H2,1-2H3,(H,18,23)(H,19,22)/t12-/m1/s1. The Hall–Kier alpha value is -2.37. The molecule has 0 saturated carbocycles. The van der Waals surface area contributed by atoms with Gasteiger partial charge in [0.15, 0.2) is 0 Å². The van der Waals surface area contributed by atoms with E-state index in [4.69, 9.17) is 0 Å². The molecule has 6 heteroatoms. The summed E-state index contributed by atoms with van der Waals surface area (Å²) in [5.41, 5.74) is 1.14. The van der Waals surface area contributed by atoms with Gasteiger partial charge in [0, 0.05) is 31.3 Å². The van der Waals surface area contributed by atoms with Crippen LogP contribution in [-0.2, 0) is 9.59 Å². The lowest BCUT2D eigenvalue weighted by molar-refractivity contribution is -0.137. The van der Waals surface area contributed by atoms with E-state index in [2.05, 4.69) is 10.6 Å². The van der Waals surface area contributed by atoms with E-state index in [9.17, 15) is 14.4 Å². The summed E-state index contributed by atoms with van der Waals surface area (Å²) in [6.07, 6.45) is 3.37. The van der Waals surface area contributed by atoms with E-state index in [-0.39, 0.29) is 17.7 Å². The van der Waals surface area contributed by atoms with Gasteiger partial charge < -0.3 is 15.5 Å². The van der Waals surface area contributed by atoms with Crippen LogP contribution < -0.4 is 10.6 Å². The Balaban J connectivity index is 2.00. The molecule has 124 valence electrons. The zero-order valence-electron chi connectivity index (χ0n) is 13.6. The van der Waals surface area contributed by atoms with Crippen LogP contribution in [0.5, 0.6) is 0 Å². The van der Waals surface area contributed by atoms with E-state index in [1.165, 1.54) is 0 Å². The van der Waals surface area contributed by atoms with Crippen molar-refractivity contribution in [2.45, 2.75) is 38.6 Å². The average Bonchev–Trinajstić information content (AvgIpc) is 2.78. The van der Waals surface area contributed by atoms with Gasteiger partial charge in [0.05, 0.1) is 0 Å². The third-order valence-electron chi connectivity index (χ3n) is 4.10. The molecule has 3 amide bonds. The molecule has 1 aliphatic rings. The molecule has 1 aromatic carbocycles. The summed E-state index contributed by atoms with van der Waals surface area (Å²) >= 11 is 0. The fraction of sp³-hybridized carbons (Fsp3) is 0.471. The molecular weight excluding hydrogens is 294 g/mol. The first-order valence-electron chi connectivity index (χ1n) is 7.95. The number of rotatable bonds is 4. The summed E-state index contributed by atoms with van der Waals surface area (Å²) in [6, 6.07) is 6.16. The number of anilines is 1. The van der Waals surface area contributed by atoms with Gasteiger partial charge in [-0.25, -0.2) is 0 Å². The molecule has 1 saturated heterocycles. The molecule has 0 unspecified atom stereocenters. The molecular formula is C17H23N3O3. The Kier molecular flexibility index (Phi) is 5.73. The lowest BCUT2D eigenvalue weighted by Gasteiger charge is -2.27. The lowest BCUT2D eigenvalue weighted by atomic mass is 10.2. The van der Waals surface area contributed by atoms with Crippen LogP contribution in [-0.4, -0.2) is 42.3 Å². The Morgan fingerprint density at radius 3 is 2.48 bits per heavy atom. The van der Waals surface area contributed by atoms with Crippen LogP contribution in [0.4, 0.5) is 5.69 Å². The number of likely N-dealkylation sites (tertiary alicyclic amines) is 1. The Morgan fingerprint density at radius 2 is 1.83 bits per heavy atom. The molecule has 1 aliphatic heterocycles. The summed E-state index contributed by atoms with van der Waals surface area (Å²) in [5, 5.41) is 5.34. The van der Waals surface area contributed by atoms with Crippen molar-refractivity contribution in [3.63, 3.8) is 0 Å². The van der Waals surface area contributed by atoms with Gasteiger partial charge in [-0.3, -0.25) is 14.4 Å². The summed E-state index contributed by atoms with van der Waals surface area (Å²) in [5.74, 6) is -0.348. The maximum absolute atomic E-state index is 12.4. The minimum absolute atomic E-state index is 0.0418. The third-order valence-corrected chi connectivity index (χ3v) is 4.10. The van der Waals surface area contributed by atoms with E-state index in [1.54, 1.807) is 43.1 Å². The number of hydrogen-bond acceptors (Lipinski definition) is 3. The molecule has 0 bridgehead atoms. The quantitative estimate of drug-likeness (QED) is 0.888. The van der Waals surface area contributed by atoms with Crippen LogP contribution >= 0.6 is 0 Å². The van der Waals surface area contributed by atoms with Gasteiger partial charge in [0.25, 0.3) is 5.91 Å². The van der Waals surface area contributed by atoms with Crippen molar-refractivity contribution in [1.82, 2.24) is 10.2 Å². The monoisotopic (exact) mass is 317 g/mol. The van der Waals surface area contributed by atoms with Crippen molar-refractivity contribution >= 4 is 23.4 Å². The van der Waals surface area contributed by atoms with Gasteiger partial charge in [-0.1, -0.05) is 6.42 Å². The molecule has 0 aliphatic carbocycles. The highest BCUT2D eigenvalue weighted by molar-refractivity contribution is 5.98. The normalized spacial score (nSPS) is 16.4. The van der Waals surface area contributed by atoms with Crippen LogP contribution in [0.15, 0.2) is 24.3 Å². The highest BCUT2D eigenvalue weighted by Gasteiger charge is 2.26. The van der Waals surface area contributed by atoms with Gasteiger partial charge in [-0.2, -0.15) is 0 Å². The molecule has 2 N–H and O–H groups in total. The lowest BCUT2D eigenvalue weighted by Crippen LogP contribution is -2.45. The summed E-state index contributed by atoms with van der Waals surface area (Å²) in [6.45, 7) is 2.38. The smallest absolute Gasteiger partial charge is 0.251 e. The Bertz CT molecular complexity index is 583. The second-order valence-electron chi connectivity index (χ2n) is 5.72. The van der Waals surface area contributed by atoms with Crippen LogP contribution in [0.25, 0.3) is 0 Å². The zero-order valence-corrected chi connectivity index (χ0v) is 13.6. The highest BCUT2D eigenvalue weighted by atomic mass is 16.2. The van der Waals surface area contributed by atoms with Crippen LogP contribution in [0.2, 0.25) is 0 Å². The zero-order chi connectivity index (χ0) is 16.8. The number of amides is 3. The number of carbonyl (C=O) groups is 3. The molecule has 1 aromatic rings. The van der Waals surface area contributed by atoms with Crippen molar-refractivity contribution in [3.8, 4) is 0 Å². The Labute approximate surface area is 136 Å². The van der Waals surface area contributed by atoms with Crippen molar-refractivity contribution in [1.29, 1.82) is 0 Å². The van der Waals surface area contributed by atoms with E-state index in [0.29, 0.717) is 24.2 Å². The average molecular weight is 317 g/mol. The predicted octanol–water partition coefficient (Wildman–Crippen LogP) is 1.78. The van der Waals surface area contributed by atoms with Crippen LogP contribution in [0.3, 0.4) is 0 Å². The number of benzene rings is 1. The number of nitrogens with one attached hydrogen (secondary N) is 2. The summed E-state index contributed by atoms with van der Waals surface area (Å²) in [4.78, 5) is 37.6. The minimum atomic E-state index is -0.501. The van der Waals surface area contributed by atoms with Crippen molar-refractivity contribution in [2.75, 3.05) is 18.9 Å². The summed E-state index contributed by atoms with van der Waals surface area (Å²) < 4.78 is 0. The second kappa shape index (κ2) is 7.76. The van der Waals surface area contributed by atoms with Crippen LogP contribution in [0.1, 0.15) is 43.0 Å². The maximum Gasteiger partial charge on any atom is 0.251 e.